The Morgan fingerprint density at radius 3 is 2.04 bits per heavy atom. The predicted octanol–water partition coefficient (Wildman–Crippen LogP) is 6.55. The molecule has 1 N–H and O–H groups in total. The van der Waals surface area contributed by atoms with Crippen LogP contribution in [0.1, 0.15) is 28.8 Å². The number of benzene rings is 3. The van der Waals surface area contributed by atoms with Crippen LogP contribution in [0.4, 0.5) is 0 Å². The zero-order valence-electron chi connectivity index (χ0n) is 14.7. The lowest BCUT2D eigenvalue weighted by Gasteiger charge is -2.20. The zero-order chi connectivity index (χ0) is 18.8. The van der Waals surface area contributed by atoms with E-state index < -0.39 is 0 Å². The zero-order valence-corrected chi connectivity index (χ0v) is 17.0. The average molecular weight is 413 g/mol. The SMILES string of the molecule is CSc1ccccc1C1=NC(c2ccc(Cl)cc2)C(c2ccc(Cl)cc2)N1. The molecule has 0 aromatic heterocycles. The van der Waals surface area contributed by atoms with Crippen molar-refractivity contribution in [1.29, 1.82) is 0 Å². The molecule has 2 unspecified atom stereocenters. The molecule has 0 saturated heterocycles. The third-order valence-electron chi connectivity index (χ3n) is 4.68. The lowest BCUT2D eigenvalue weighted by Crippen LogP contribution is -2.25. The van der Waals surface area contributed by atoms with E-state index in [2.05, 4.69) is 41.9 Å². The second-order valence-corrected chi connectivity index (χ2v) is 8.07. The van der Waals surface area contributed by atoms with Crippen LogP contribution >= 0.6 is 35.0 Å². The van der Waals surface area contributed by atoms with Crippen LogP contribution in [-0.4, -0.2) is 12.1 Å². The Balaban J connectivity index is 1.77. The lowest BCUT2D eigenvalue weighted by molar-refractivity contribution is 0.572. The van der Waals surface area contributed by atoms with Crippen molar-refractivity contribution in [3.63, 3.8) is 0 Å². The van der Waals surface area contributed by atoms with Crippen LogP contribution in [0.5, 0.6) is 0 Å². The maximum Gasteiger partial charge on any atom is 0.130 e. The van der Waals surface area contributed by atoms with Gasteiger partial charge in [-0.1, -0.05) is 65.7 Å². The largest absolute Gasteiger partial charge is 0.360 e. The minimum atomic E-state index is -0.0339. The van der Waals surface area contributed by atoms with Crippen LogP contribution in [0.25, 0.3) is 0 Å². The molecule has 27 heavy (non-hydrogen) atoms. The molecule has 5 heteroatoms. The normalized spacial score (nSPS) is 18.9. The molecule has 136 valence electrons. The summed E-state index contributed by atoms with van der Waals surface area (Å²) in [5.41, 5.74) is 3.41. The molecule has 0 spiro atoms. The summed E-state index contributed by atoms with van der Waals surface area (Å²) < 4.78 is 0. The Morgan fingerprint density at radius 2 is 1.41 bits per heavy atom. The van der Waals surface area contributed by atoms with Crippen LogP contribution in [-0.2, 0) is 0 Å². The molecule has 3 aromatic rings. The van der Waals surface area contributed by atoms with E-state index in [9.17, 15) is 0 Å². The molecule has 1 heterocycles. The smallest absolute Gasteiger partial charge is 0.130 e. The van der Waals surface area contributed by atoms with Crippen molar-refractivity contribution in [2.75, 3.05) is 6.26 Å². The van der Waals surface area contributed by atoms with Gasteiger partial charge >= 0.3 is 0 Å². The first kappa shape index (κ1) is 18.4. The van der Waals surface area contributed by atoms with E-state index in [1.165, 1.54) is 4.90 Å². The summed E-state index contributed by atoms with van der Waals surface area (Å²) in [5, 5.41) is 5.10. The Hall–Kier alpha value is -1.94. The van der Waals surface area contributed by atoms with Crippen LogP contribution in [0.15, 0.2) is 82.7 Å². The molecule has 4 rings (SSSR count). The average Bonchev–Trinajstić information content (AvgIpc) is 3.14. The van der Waals surface area contributed by atoms with Crippen LogP contribution in [0.3, 0.4) is 0 Å². The van der Waals surface area contributed by atoms with Gasteiger partial charge in [0.2, 0.25) is 0 Å². The highest BCUT2D eigenvalue weighted by molar-refractivity contribution is 7.98. The highest BCUT2D eigenvalue weighted by atomic mass is 35.5. The molecule has 0 fully saturated rings. The van der Waals surface area contributed by atoms with E-state index in [1.54, 1.807) is 11.8 Å². The predicted molar refractivity (Wildman–Crippen MR) is 116 cm³/mol. The van der Waals surface area contributed by atoms with Gasteiger partial charge in [0.05, 0.1) is 6.04 Å². The van der Waals surface area contributed by atoms with E-state index in [0.29, 0.717) is 0 Å². The second kappa shape index (κ2) is 7.97. The number of aliphatic imine (C=N–C) groups is 1. The number of thioether (sulfide) groups is 1. The number of rotatable bonds is 4. The number of nitrogens with zero attached hydrogens (tertiary/aromatic N) is 1. The van der Waals surface area contributed by atoms with Gasteiger partial charge in [0.1, 0.15) is 11.9 Å². The van der Waals surface area contributed by atoms with E-state index >= 15 is 0 Å². The summed E-state index contributed by atoms with van der Waals surface area (Å²) >= 11 is 13.9. The van der Waals surface area contributed by atoms with Gasteiger partial charge in [-0.2, -0.15) is 0 Å². The molecule has 1 aliphatic rings. The quantitative estimate of drug-likeness (QED) is 0.491. The van der Waals surface area contributed by atoms with E-state index in [1.807, 2.05) is 42.5 Å². The Labute approximate surface area is 173 Å². The fraction of sp³-hybridized carbons (Fsp3) is 0.136. The van der Waals surface area contributed by atoms with Gasteiger partial charge in [-0.05, 0) is 47.7 Å². The first-order valence-corrected chi connectivity index (χ1v) is 10.6. The summed E-state index contributed by atoms with van der Waals surface area (Å²) in [6.45, 7) is 0. The molecule has 0 radical (unpaired) electrons. The molecule has 0 bridgehead atoms. The Bertz CT molecular complexity index is 968. The molecule has 1 aliphatic heterocycles. The first-order valence-electron chi connectivity index (χ1n) is 8.64. The highest BCUT2D eigenvalue weighted by Gasteiger charge is 2.32. The molecule has 0 amide bonds. The van der Waals surface area contributed by atoms with Crippen LogP contribution < -0.4 is 5.32 Å². The molecule has 0 saturated carbocycles. The van der Waals surface area contributed by atoms with Crippen molar-refractivity contribution in [2.24, 2.45) is 4.99 Å². The summed E-state index contributed by atoms with van der Waals surface area (Å²) in [4.78, 5) is 6.27. The minimum absolute atomic E-state index is 0.0339. The molecule has 2 nitrogen and oxygen atoms in total. The lowest BCUT2D eigenvalue weighted by atomic mass is 9.95. The number of amidine groups is 1. The van der Waals surface area contributed by atoms with Crippen molar-refractivity contribution in [1.82, 2.24) is 5.32 Å². The molecule has 3 aromatic carbocycles. The van der Waals surface area contributed by atoms with Crippen molar-refractivity contribution in [3.8, 4) is 0 Å². The van der Waals surface area contributed by atoms with Crippen molar-refractivity contribution in [3.05, 3.63) is 99.5 Å². The van der Waals surface area contributed by atoms with Crippen LogP contribution in [0, 0.1) is 0 Å². The van der Waals surface area contributed by atoms with E-state index in [0.717, 1.165) is 32.6 Å². The van der Waals surface area contributed by atoms with Crippen molar-refractivity contribution >= 4 is 40.8 Å². The maximum absolute atomic E-state index is 6.09. The van der Waals surface area contributed by atoms with Gasteiger partial charge in [0.15, 0.2) is 0 Å². The van der Waals surface area contributed by atoms with Gasteiger partial charge in [-0.25, -0.2) is 0 Å². The summed E-state index contributed by atoms with van der Waals surface area (Å²) in [6, 6.07) is 24.2. The monoisotopic (exact) mass is 412 g/mol. The third-order valence-corrected chi connectivity index (χ3v) is 5.98. The van der Waals surface area contributed by atoms with Gasteiger partial charge in [0.25, 0.3) is 0 Å². The number of nitrogens with one attached hydrogen (secondary N) is 1. The Kier molecular flexibility index (Phi) is 5.44. The fourth-order valence-corrected chi connectivity index (χ4v) is 4.18. The fourth-order valence-electron chi connectivity index (χ4n) is 3.33. The first-order chi connectivity index (χ1) is 13.2. The number of hydrogen-bond donors (Lipinski definition) is 1. The molecule has 0 aliphatic carbocycles. The van der Waals surface area contributed by atoms with Crippen molar-refractivity contribution < 1.29 is 0 Å². The topological polar surface area (TPSA) is 24.4 Å². The van der Waals surface area contributed by atoms with Crippen LogP contribution in [0.2, 0.25) is 10.0 Å². The summed E-state index contributed by atoms with van der Waals surface area (Å²) in [6.07, 6.45) is 2.09. The molecular weight excluding hydrogens is 395 g/mol. The second-order valence-electron chi connectivity index (χ2n) is 6.35. The van der Waals surface area contributed by atoms with Gasteiger partial charge in [0, 0.05) is 20.5 Å². The van der Waals surface area contributed by atoms with Gasteiger partial charge < -0.3 is 5.32 Å². The standard InChI is InChI=1S/C22H18Cl2N2S/c1-27-19-5-3-2-4-18(19)22-25-20(14-6-10-16(23)11-7-14)21(26-22)15-8-12-17(24)13-9-15/h2-13,20-21H,1H3,(H,25,26). The third kappa shape index (κ3) is 3.86. The Morgan fingerprint density at radius 1 is 0.815 bits per heavy atom. The minimum Gasteiger partial charge on any atom is -0.360 e. The summed E-state index contributed by atoms with van der Waals surface area (Å²) in [5.74, 6) is 0.917. The number of halogens is 2. The van der Waals surface area contributed by atoms with Gasteiger partial charge in [-0.15, -0.1) is 11.8 Å². The number of hydrogen-bond acceptors (Lipinski definition) is 3. The highest BCUT2D eigenvalue weighted by Crippen LogP contribution is 2.38. The molecular formula is C22H18Cl2N2S. The summed E-state index contributed by atoms with van der Waals surface area (Å²) in [7, 11) is 0. The van der Waals surface area contributed by atoms with E-state index in [-0.39, 0.29) is 12.1 Å². The van der Waals surface area contributed by atoms with Crippen molar-refractivity contribution in [2.45, 2.75) is 17.0 Å². The van der Waals surface area contributed by atoms with E-state index in [4.69, 9.17) is 28.2 Å². The van der Waals surface area contributed by atoms with Gasteiger partial charge in [-0.3, -0.25) is 4.99 Å². The molecule has 2 atom stereocenters. The maximum atomic E-state index is 6.09.